The Morgan fingerprint density at radius 2 is 2.29 bits per heavy atom. The second-order valence-electron chi connectivity index (χ2n) is 2.82. The molecule has 1 amide bonds. The lowest BCUT2D eigenvalue weighted by Gasteiger charge is -2.12. The summed E-state index contributed by atoms with van der Waals surface area (Å²) in [5, 5.41) is 2.17. The molecule has 1 aromatic heterocycles. The van der Waals surface area contributed by atoms with Crippen LogP contribution in [0.3, 0.4) is 0 Å². The third-order valence-electron chi connectivity index (χ3n) is 1.74. The highest BCUT2D eigenvalue weighted by molar-refractivity contribution is 5.79. The summed E-state index contributed by atoms with van der Waals surface area (Å²) < 4.78 is 23.8. The minimum atomic E-state index is -2.98. The number of carbonyl (C=O) groups excluding carboxylic acids is 1. The molecule has 0 aliphatic heterocycles. The van der Waals surface area contributed by atoms with Crippen molar-refractivity contribution in [3.63, 3.8) is 0 Å². The summed E-state index contributed by atoms with van der Waals surface area (Å²) in [5.41, 5.74) is 0.696. The van der Waals surface area contributed by atoms with E-state index < -0.39 is 18.4 Å². The smallest absolute Gasteiger partial charge is 0.315 e. The highest BCUT2D eigenvalue weighted by atomic mass is 19.3. The van der Waals surface area contributed by atoms with Gasteiger partial charge in [-0.1, -0.05) is 6.07 Å². The van der Waals surface area contributed by atoms with E-state index in [4.69, 9.17) is 0 Å². The van der Waals surface area contributed by atoms with E-state index in [1.807, 2.05) is 0 Å². The number of rotatable bonds is 3. The predicted octanol–water partition coefficient (Wildman–Crippen LogP) is 1.52. The minimum absolute atomic E-state index is 0.454. The van der Waals surface area contributed by atoms with E-state index in [-0.39, 0.29) is 0 Å². The number of aromatic nitrogens is 1. The van der Waals surface area contributed by atoms with Crippen LogP contribution >= 0.6 is 0 Å². The van der Waals surface area contributed by atoms with E-state index in [0.717, 1.165) is 0 Å². The van der Waals surface area contributed by atoms with Crippen LogP contribution in [-0.4, -0.2) is 17.3 Å². The SMILES string of the molecule is C[C@@H](NC(=O)C(F)F)c1cccnc1. The maximum Gasteiger partial charge on any atom is 0.315 e. The summed E-state index contributed by atoms with van der Waals surface area (Å²) in [6, 6.07) is 2.94. The third kappa shape index (κ3) is 2.76. The Morgan fingerprint density at radius 1 is 1.57 bits per heavy atom. The standard InChI is InChI=1S/C9H10F2N2O/c1-6(13-9(14)8(10)11)7-3-2-4-12-5-7/h2-6,8H,1H3,(H,13,14)/t6-/m1/s1. The Morgan fingerprint density at radius 3 is 2.79 bits per heavy atom. The lowest BCUT2D eigenvalue weighted by Crippen LogP contribution is -2.31. The van der Waals surface area contributed by atoms with Gasteiger partial charge in [0.2, 0.25) is 0 Å². The monoisotopic (exact) mass is 200 g/mol. The van der Waals surface area contributed by atoms with Gasteiger partial charge in [-0.05, 0) is 18.6 Å². The summed E-state index contributed by atoms with van der Waals surface area (Å²) in [4.78, 5) is 14.5. The summed E-state index contributed by atoms with van der Waals surface area (Å²) in [7, 11) is 0. The predicted molar refractivity (Wildman–Crippen MR) is 46.8 cm³/mol. The number of hydrogen-bond donors (Lipinski definition) is 1. The van der Waals surface area contributed by atoms with Gasteiger partial charge in [0, 0.05) is 12.4 Å². The fourth-order valence-corrected chi connectivity index (χ4v) is 0.992. The highest BCUT2D eigenvalue weighted by Crippen LogP contribution is 2.10. The molecule has 76 valence electrons. The van der Waals surface area contributed by atoms with Crippen LogP contribution in [0.4, 0.5) is 8.78 Å². The molecule has 0 saturated carbocycles. The van der Waals surface area contributed by atoms with Gasteiger partial charge in [0.05, 0.1) is 6.04 Å². The van der Waals surface area contributed by atoms with Crippen LogP contribution < -0.4 is 5.32 Å². The number of carbonyl (C=O) groups is 1. The first-order valence-corrected chi connectivity index (χ1v) is 4.09. The first-order chi connectivity index (χ1) is 6.61. The summed E-state index contributed by atoms with van der Waals surface area (Å²) in [6.07, 6.45) is 0.121. The van der Waals surface area contributed by atoms with Crippen LogP contribution in [0.15, 0.2) is 24.5 Å². The lowest BCUT2D eigenvalue weighted by atomic mass is 10.1. The van der Waals surface area contributed by atoms with E-state index in [1.54, 1.807) is 25.3 Å². The summed E-state index contributed by atoms with van der Waals surface area (Å²) in [5.74, 6) is -1.26. The molecule has 0 unspecified atom stereocenters. The van der Waals surface area contributed by atoms with E-state index in [9.17, 15) is 13.6 Å². The fourth-order valence-electron chi connectivity index (χ4n) is 0.992. The van der Waals surface area contributed by atoms with E-state index in [1.165, 1.54) is 6.20 Å². The quantitative estimate of drug-likeness (QED) is 0.803. The van der Waals surface area contributed by atoms with Crippen molar-refractivity contribution in [1.29, 1.82) is 0 Å². The molecular weight excluding hydrogens is 190 g/mol. The Balaban J connectivity index is 2.59. The lowest BCUT2D eigenvalue weighted by molar-refractivity contribution is -0.132. The van der Waals surface area contributed by atoms with Crippen molar-refractivity contribution in [3.8, 4) is 0 Å². The molecule has 0 bridgehead atoms. The molecule has 14 heavy (non-hydrogen) atoms. The van der Waals surface area contributed by atoms with Crippen LogP contribution in [-0.2, 0) is 4.79 Å². The van der Waals surface area contributed by atoms with Gasteiger partial charge >= 0.3 is 6.43 Å². The molecule has 1 atom stereocenters. The molecule has 1 N–H and O–H groups in total. The number of hydrogen-bond acceptors (Lipinski definition) is 2. The first kappa shape index (κ1) is 10.6. The second-order valence-corrected chi connectivity index (χ2v) is 2.82. The maximum atomic E-state index is 11.9. The second kappa shape index (κ2) is 4.64. The summed E-state index contributed by atoms with van der Waals surface area (Å²) >= 11 is 0. The van der Waals surface area contributed by atoms with Gasteiger partial charge in [0.15, 0.2) is 0 Å². The van der Waals surface area contributed by atoms with Crippen LogP contribution in [0.2, 0.25) is 0 Å². The molecule has 0 saturated heterocycles. The van der Waals surface area contributed by atoms with Gasteiger partial charge in [-0.3, -0.25) is 9.78 Å². The van der Waals surface area contributed by atoms with Gasteiger partial charge in [-0.25, -0.2) is 0 Å². The van der Waals surface area contributed by atoms with Gasteiger partial charge in [-0.2, -0.15) is 8.78 Å². The summed E-state index contributed by atoms with van der Waals surface area (Å²) in [6.45, 7) is 1.62. The fraction of sp³-hybridized carbons (Fsp3) is 0.333. The van der Waals surface area contributed by atoms with Crippen molar-refractivity contribution in [3.05, 3.63) is 30.1 Å². The molecule has 5 heteroatoms. The number of nitrogens with one attached hydrogen (secondary N) is 1. The normalized spacial score (nSPS) is 12.6. The molecule has 0 aliphatic carbocycles. The van der Waals surface area contributed by atoms with Crippen LogP contribution in [0.5, 0.6) is 0 Å². The number of pyridine rings is 1. The Labute approximate surface area is 80.2 Å². The zero-order chi connectivity index (χ0) is 10.6. The Hall–Kier alpha value is -1.52. The van der Waals surface area contributed by atoms with E-state index in [2.05, 4.69) is 10.3 Å². The van der Waals surface area contributed by atoms with Gasteiger partial charge in [-0.15, -0.1) is 0 Å². The van der Waals surface area contributed by atoms with Gasteiger partial charge in [0.1, 0.15) is 0 Å². The molecule has 1 rings (SSSR count). The van der Waals surface area contributed by atoms with E-state index >= 15 is 0 Å². The van der Waals surface area contributed by atoms with Crippen molar-refractivity contribution < 1.29 is 13.6 Å². The zero-order valence-electron chi connectivity index (χ0n) is 7.58. The van der Waals surface area contributed by atoms with Crippen molar-refractivity contribution >= 4 is 5.91 Å². The van der Waals surface area contributed by atoms with Crippen LogP contribution in [0, 0.1) is 0 Å². The van der Waals surface area contributed by atoms with Crippen molar-refractivity contribution in [2.75, 3.05) is 0 Å². The largest absolute Gasteiger partial charge is 0.345 e. The molecule has 1 heterocycles. The molecule has 1 aromatic rings. The topological polar surface area (TPSA) is 42.0 Å². The van der Waals surface area contributed by atoms with Crippen molar-refractivity contribution in [2.24, 2.45) is 0 Å². The Bertz CT molecular complexity index is 303. The molecule has 0 radical (unpaired) electrons. The maximum absolute atomic E-state index is 11.9. The molecular formula is C9H10F2N2O. The molecule has 0 aliphatic rings. The zero-order valence-corrected chi connectivity index (χ0v) is 7.58. The minimum Gasteiger partial charge on any atom is -0.345 e. The molecule has 0 aromatic carbocycles. The average Bonchev–Trinajstić information content (AvgIpc) is 2.19. The third-order valence-corrected chi connectivity index (χ3v) is 1.74. The van der Waals surface area contributed by atoms with Gasteiger partial charge in [0.25, 0.3) is 5.91 Å². The molecule has 3 nitrogen and oxygen atoms in total. The Kier molecular flexibility index (Phi) is 3.50. The van der Waals surface area contributed by atoms with Crippen molar-refractivity contribution in [1.82, 2.24) is 10.3 Å². The number of amides is 1. The van der Waals surface area contributed by atoms with Crippen LogP contribution in [0.25, 0.3) is 0 Å². The molecule has 0 spiro atoms. The molecule has 0 fully saturated rings. The number of alkyl halides is 2. The highest BCUT2D eigenvalue weighted by Gasteiger charge is 2.17. The number of nitrogens with zero attached hydrogens (tertiary/aromatic N) is 1. The average molecular weight is 200 g/mol. The van der Waals surface area contributed by atoms with Gasteiger partial charge < -0.3 is 5.32 Å². The van der Waals surface area contributed by atoms with E-state index in [0.29, 0.717) is 5.56 Å². The van der Waals surface area contributed by atoms with Crippen molar-refractivity contribution in [2.45, 2.75) is 19.4 Å². The first-order valence-electron chi connectivity index (χ1n) is 4.09. The van der Waals surface area contributed by atoms with Crippen LogP contribution in [0.1, 0.15) is 18.5 Å². The number of halogens is 2.